The average Bonchev–Trinajstić information content (AvgIpc) is 2.62. The quantitative estimate of drug-likeness (QED) is 0.820. The summed E-state index contributed by atoms with van der Waals surface area (Å²) in [5, 5.41) is 3.63. The molecule has 25 heavy (non-hydrogen) atoms. The smallest absolute Gasteiger partial charge is 0.255 e. The number of para-hydroxylation sites is 1. The number of carbonyl (C=O) groups excluding carboxylic acids is 1. The van der Waals surface area contributed by atoms with E-state index in [1.165, 1.54) is 7.11 Å². The third-order valence-electron chi connectivity index (χ3n) is 3.99. The van der Waals surface area contributed by atoms with Crippen LogP contribution in [0.15, 0.2) is 42.5 Å². The molecule has 1 N–H and O–H groups in total. The van der Waals surface area contributed by atoms with Crippen molar-refractivity contribution < 1.29 is 14.3 Å². The van der Waals surface area contributed by atoms with E-state index in [-0.39, 0.29) is 11.9 Å². The molecule has 0 aliphatic carbocycles. The van der Waals surface area contributed by atoms with Crippen molar-refractivity contribution in [1.29, 1.82) is 0 Å². The zero-order chi connectivity index (χ0) is 18.4. The second kappa shape index (κ2) is 8.74. The molecule has 2 aromatic carbocycles. The van der Waals surface area contributed by atoms with Crippen LogP contribution in [0.25, 0.3) is 0 Å². The molecule has 6 heteroatoms. The standard InChI is InChI=1S/C19H23ClN2O3/c1-22(2)16(13-8-5-6-10-15(13)20)12-21-19(23)14-9-7-11-17(24-3)18(14)25-4/h5-11,16H,12H2,1-4H3,(H,21,23)/t16-/m1/s1. The van der Waals surface area contributed by atoms with Crippen LogP contribution in [-0.2, 0) is 0 Å². The molecule has 1 amide bonds. The van der Waals surface area contributed by atoms with Crippen LogP contribution >= 0.6 is 11.6 Å². The number of nitrogens with zero attached hydrogens (tertiary/aromatic N) is 1. The summed E-state index contributed by atoms with van der Waals surface area (Å²) in [4.78, 5) is 14.7. The second-order valence-electron chi connectivity index (χ2n) is 5.75. The Bertz CT molecular complexity index is 734. The minimum Gasteiger partial charge on any atom is -0.493 e. The zero-order valence-electron chi connectivity index (χ0n) is 14.9. The molecular formula is C19H23ClN2O3. The van der Waals surface area contributed by atoms with Crippen LogP contribution in [-0.4, -0.2) is 45.7 Å². The number of nitrogens with one attached hydrogen (secondary N) is 1. The van der Waals surface area contributed by atoms with Gasteiger partial charge in [0.15, 0.2) is 11.5 Å². The number of rotatable bonds is 7. The lowest BCUT2D eigenvalue weighted by molar-refractivity contribution is 0.0938. The molecule has 0 bridgehead atoms. The van der Waals surface area contributed by atoms with Crippen molar-refractivity contribution in [3.05, 3.63) is 58.6 Å². The van der Waals surface area contributed by atoms with E-state index in [0.717, 1.165) is 5.56 Å². The summed E-state index contributed by atoms with van der Waals surface area (Å²) < 4.78 is 10.6. The van der Waals surface area contributed by atoms with E-state index >= 15 is 0 Å². The van der Waals surface area contributed by atoms with E-state index < -0.39 is 0 Å². The number of methoxy groups -OCH3 is 2. The maximum Gasteiger partial charge on any atom is 0.255 e. The zero-order valence-corrected chi connectivity index (χ0v) is 15.6. The SMILES string of the molecule is COc1cccc(C(=O)NC[C@H](c2ccccc2Cl)N(C)C)c1OC. The van der Waals surface area contributed by atoms with Gasteiger partial charge < -0.3 is 19.7 Å². The van der Waals surface area contributed by atoms with Crippen LogP contribution in [0.2, 0.25) is 5.02 Å². The van der Waals surface area contributed by atoms with Gasteiger partial charge in [-0.25, -0.2) is 0 Å². The molecule has 0 unspecified atom stereocenters. The van der Waals surface area contributed by atoms with Crippen LogP contribution < -0.4 is 14.8 Å². The fourth-order valence-corrected chi connectivity index (χ4v) is 2.93. The van der Waals surface area contributed by atoms with Crippen LogP contribution in [0, 0.1) is 0 Å². The lowest BCUT2D eigenvalue weighted by Gasteiger charge is -2.26. The van der Waals surface area contributed by atoms with Gasteiger partial charge in [0.2, 0.25) is 0 Å². The fourth-order valence-electron chi connectivity index (χ4n) is 2.67. The lowest BCUT2D eigenvalue weighted by atomic mass is 10.1. The molecule has 0 spiro atoms. The molecule has 134 valence electrons. The number of carbonyl (C=O) groups is 1. The molecule has 0 saturated carbocycles. The van der Waals surface area contributed by atoms with Gasteiger partial charge in [0.25, 0.3) is 5.91 Å². The Labute approximate surface area is 153 Å². The van der Waals surface area contributed by atoms with Gasteiger partial charge in [-0.1, -0.05) is 35.9 Å². The molecule has 0 fully saturated rings. The lowest BCUT2D eigenvalue weighted by Crippen LogP contribution is -2.34. The van der Waals surface area contributed by atoms with Gasteiger partial charge in [-0.3, -0.25) is 4.79 Å². The molecule has 0 saturated heterocycles. The van der Waals surface area contributed by atoms with Gasteiger partial charge in [-0.05, 0) is 37.9 Å². The molecule has 0 radical (unpaired) electrons. The van der Waals surface area contributed by atoms with Gasteiger partial charge in [0.05, 0.1) is 25.8 Å². The van der Waals surface area contributed by atoms with Crippen LogP contribution in [0.3, 0.4) is 0 Å². The summed E-state index contributed by atoms with van der Waals surface area (Å²) in [6.45, 7) is 0.413. The summed E-state index contributed by atoms with van der Waals surface area (Å²) in [5.41, 5.74) is 1.39. The molecule has 2 aromatic rings. The van der Waals surface area contributed by atoms with Crippen molar-refractivity contribution in [2.75, 3.05) is 34.9 Å². The highest BCUT2D eigenvalue weighted by Gasteiger charge is 2.20. The number of hydrogen-bond donors (Lipinski definition) is 1. The van der Waals surface area contributed by atoms with Crippen molar-refractivity contribution >= 4 is 17.5 Å². The van der Waals surface area contributed by atoms with Crippen molar-refractivity contribution in [1.82, 2.24) is 10.2 Å². The van der Waals surface area contributed by atoms with Crippen LogP contribution in [0.1, 0.15) is 22.0 Å². The predicted molar refractivity (Wildman–Crippen MR) is 99.8 cm³/mol. The first-order valence-electron chi connectivity index (χ1n) is 7.89. The monoisotopic (exact) mass is 362 g/mol. The van der Waals surface area contributed by atoms with Crippen molar-refractivity contribution in [3.8, 4) is 11.5 Å². The minimum atomic E-state index is -0.227. The van der Waals surface area contributed by atoms with Crippen molar-refractivity contribution in [2.45, 2.75) is 6.04 Å². The fraction of sp³-hybridized carbons (Fsp3) is 0.316. The highest BCUT2D eigenvalue weighted by Crippen LogP contribution is 2.31. The Balaban J connectivity index is 2.19. The molecule has 5 nitrogen and oxygen atoms in total. The Hall–Kier alpha value is -2.24. The molecule has 0 aliphatic rings. The third kappa shape index (κ3) is 4.44. The highest BCUT2D eigenvalue weighted by molar-refractivity contribution is 6.31. The normalized spacial score (nSPS) is 11.9. The van der Waals surface area contributed by atoms with Crippen molar-refractivity contribution in [3.63, 3.8) is 0 Å². The first-order chi connectivity index (χ1) is 12.0. The van der Waals surface area contributed by atoms with E-state index in [4.69, 9.17) is 21.1 Å². The number of hydrogen-bond acceptors (Lipinski definition) is 4. The number of benzene rings is 2. The summed E-state index contributed by atoms with van der Waals surface area (Å²) in [5.74, 6) is 0.710. The molecule has 0 heterocycles. The van der Waals surface area contributed by atoms with Gasteiger partial charge in [0.1, 0.15) is 0 Å². The van der Waals surface area contributed by atoms with E-state index in [1.54, 1.807) is 25.3 Å². The Morgan fingerprint density at radius 1 is 1.12 bits per heavy atom. The Morgan fingerprint density at radius 3 is 2.44 bits per heavy atom. The Kier molecular flexibility index (Phi) is 6.67. The molecule has 2 rings (SSSR count). The number of likely N-dealkylation sites (N-methyl/N-ethyl adjacent to an activating group) is 1. The summed E-state index contributed by atoms with van der Waals surface area (Å²) in [6, 6.07) is 12.8. The summed E-state index contributed by atoms with van der Waals surface area (Å²) in [6.07, 6.45) is 0. The Morgan fingerprint density at radius 2 is 1.84 bits per heavy atom. The first kappa shape index (κ1) is 19.1. The largest absolute Gasteiger partial charge is 0.493 e. The van der Waals surface area contributed by atoms with Crippen LogP contribution in [0.5, 0.6) is 11.5 Å². The first-order valence-corrected chi connectivity index (χ1v) is 8.27. The third-order valence-corrected chi connectivity index (χ3v) is 4.34. The van der Waals surface area contributed by atoms with Crippen molar-refractivity contribution in [2.24, 2.45) is 0 Å². The van der Waals surface area contributed by atoms with Gasteiger partial charge in [-0.15, -0.1) is 0 Å². The van der Waals surface area contributed by atoms with E-state index in [1.807, 2.05) is 43.3 Å². The minimum absolute atomic E-state index is 0.0470. The van der Waals surface area contributed by atoms with Gasteiger partial charge >= 0.3 is 0 Å². The van der Waals surface area contributed by atoms with E-state index in [2.05, 4.69) is 5.32 Å². The number of halogens is 1. The van der Waals surface area contributed by atoms with Gasteiger partial charge in [0, 0.05) is 11.6 Å². The molecule has 0 aromatic heterocycles. The highest BCUT2D eigenvalue weighted by atomic mass is 35.5. The average molecular weight is 363 g/mol. The predicted octanol–water partition coefficient (Wildman–Crippen LogP) is 3.39. The number of amides is 1. The summed E-state index contributed by atoms with van der Waals surface area (Å²) in [7, 11) is 6.96. The second-order valence-corrected chi connectivity index (χ2v) is 6.16. The maximum absolute atomic E-state index is 12.6. The van der Waals surface area contributed by atoms with E-state index in [0.29, 0.717) is 28.6 Å². The molecular weight excluding hydrogens is 340 g/mol. The molecule has 0 aliphatic heterocycles. The van der Waals surface area contributed by atoms with E-state index in [9.17, 15) is 4.79 Å². The maximum atomic E-state index is 12.6. The topological polar surface area (TPSA) is 50.8 Å². The number of ether oxygens (including phenoxy) is 2. The molecule has 1 atom stereocenters. The van der Waals surface area contributed by atoms with Crippen LogP contribution in [0.4, 0.5) is 0 Å². The summed E-state index contributed by atoms with van der Waals surface area (Å²) >= 11 is 6.31. The van der Waals surface area contributed by atoms with Gasteiger partial charge in [-0.2, -0.15) is 0 Å².